The SMILES string of the molecule is CN(C(=O)C(=O)N1CCC(N2CCC(N)CC2)C1)C1CCN(c2ccncc2)C1. The highest BCUT2D eigenvalue weighted by atomic mass is 16.2. The monoisotopic (exact) mass is 400 g/mol. The van der Waals surface area contributed by atoms with Crippen LogP contribution in [-0.2, 0) is 9.59 Å². The summed E-state index contributed by atoms with van der Waals surface area (Å²) in [4.78, 5) is 37.8. The van der Waals surface area contributed by atoms with Crippen molar-refractivity contribution in [2.75, 3.05) is 51.2 Å². The van der Waals surface area contributed by atoms with Crippen molar-refractivity contribution < 1.29 is 9.59 Å². The summed E-state index contributed by atoms with van der Waals surface area (Å²) in [6.07, 6.45) is 7.40. The van der Waals surface area contributed by atoms with Crippen molar-refractivity contribution in [1.82, 2.24) is 19.7 Å². The fourth-order valence-electron chi connectivity index (χ4n) is 4.81. The first-order valence-electron chi connectivity index (χ1n) is 10.7. The summed E-state index contributed by atoms with van der Waals surface area (Å²) in [5, 5.41) is 0. The molecule has 3 fully saturated rings. The number of carbonyl (C=O) groups excluding carboxylic acids is 2. The summed E-state index contributed by atoms with van der Waals surface area (Å²) in [6.45, 7) is 4.93. The Morgan fingerprint density at radius 3 is 2.48 bits per heavy atom. The van der Waals surface area contributed by atoms with Crippen LogP contribution in [0.25, 0.3) is 0 Å². The summed E-state index contributed by atoms with van der Waals surface area (Å²) in [5.74, 6) is -0.737. The maximum Gasteiger partial charge on any atom is 0.312 e. The molecule has 1 aromatic heterocycles. The first kappa shape index (κ1) is 20.1. The molecule has 2 atom stereocenters. The van der Waals surface area contributed by atoms with Crippen LogP contribution in [0.3, 0.4) is 0 Å². The molecule has 0 spiro atoms. The molecule has 2 unspecified atom stereocenters. The number of hydrogen-bond acceptors (Lipinski definition) is 6. The summed E-state index contributed by atoms with van der Waals surface area (Å²) in [6, 6.07) is 4.68. The van der Waals surface area contributed by atoms with Gasteiger partial charge in [-0.15, -0.1) is 0 Å². The molecule has 0 saturated carbocycles. The second-order valence-electron chi connectivity index (χ2n) is 8.58. The Labute approximate surface area is 172 Å². The van der Waals surface area contributed by atoms with Crippen LogP contribution in [-0.4, -0.2) is 95.9 Å². The lowest BCUT2D eigenvalue weighted by Crippen LogP contribution is -2.49. The van der Waals surface area contributed by atoms with E-state index in [1.807, 2.05) is 12.1 Å². The molecule has 8 nitrogen and oxygen atoms in total. The van der Waals surface area contributed by atoms with E-state index in [0.29, 0.717) is 25.2 Å². The molecule has 3 aliphatic rings. The number of likely N-dealkylation sites (N-methyl/N-ethyl adjacent to an activating group) is 1. The van der Waals surface area contributed by atoms with Crippen LogP contribution in [0.1, 0.15) is 25.7 Å². The van der Waals surface area contributed by atoms with E-state index in [-0.39, 0.29) is 17.9 Å². The van der Waals surface area contributed by atoms with Gasteiger partial charge in [0.15, 0.2) is 0 Å². The number of carbonyl (C=O) groups is 2. The third-order valence-electron chi connectivity index (χ3n) is 6.78. The standard InChI is InChI=1S/C21H32N6O2/c1-24(18-6-12-26(14-18)17-2-8-23-9-3-17)20(28)21(29)27-13-7-19(15-27)25-10-4-16(22)5-11-25/h2-3,8-9,16,18-19H,4-7,10-15,22H2,1H3. The predicted octanol–water partition coefficient (Wildman–Crippen LogP) is 0.143. The minimum absolute atomic E-state index is 0.0570. The van der Waals surface area contributed by atoms with Crippen LogP contribution in [0.4, 0.5) is 5.69 Å². The Hall–Kier alpha value is -2.19. The number of piperidine rings is 1. The maximum atomic E-state index is 12.9. The predicted molar refractivity (Wildman–Crippen MR) is 111 cm³/mol. The third kappa shape index (κ3) is 4.38. The van der Waals surface area contributed by atoms with Crippen LogP contribution in [0.15, 0.2) is 24.5 Å². The van der Waals surface area contributed by atoms with Crippen molar-refractivity contribution >= 4 is 17.5 Å². The van der Waals surface area contributed by atoms with Gasteiger partial charge in [0.1, 0.15) is 0 Å². The highest BCUT2D eigenvalue weighted by Gasteiger charge is 2.37. The first-order valence-corrected chi connectivity index (χ1v) is 10.7. The zero-order valence-corrected chi connectivity index (χ0v) is 17.2. The summed E-state index contributed by atoms with van der Waals surface area (Å²) >= 11 is 0. The Morgan fingerprint density at radius 1 is 1.03 bits per heavy atom. The second-order valence-corrected chi connectivity index (χ2v) is 8.58. The van der Waals surface area contributed by atoms with Crippen LogP contribution < -0.4 is 10.6 Å². The van der Waals surface area contributed by atoms with Crippen LogP contribution in [0.2, 0.25) is 0 Å². The molecule has 3 aliphatic heterocycles. The molecule has 2 N–H and O–H groups in total. The molecule has 4 heterocycles. The molecule has 0 radical (unpaired) electrons. The summed E-state index contributed by atoms with van der Waals surface area (Å²) in [7, 11) is 1.76. The van der Waals surface area contributed by atoms with Crippen molar-refractivity contribution in [1.29, 1.82) is 0 Å². The number of pyridine rings is 1. The van der Waals surface area contributed by atoms with E-state index < -0.39 is 0 Å². The summed E-state index contributed by atoms with van der Waals surface area (Å²) in [5.41, 5.74) is 7.11. The Balaban J connectivity index is 1.29. The Bertz CT molecular complexity index is 721. The van der Waals surface area contributed by atoms with E-state index in [4.69, 9.17) is 5.73 Å². The molecule has 0 bridgehead atoms. The van der Waals surface area contributed by atoms with Crippen LogP contribution >= 0.6 is 0 Å². The minimum Gasteiger partial charge on any atom is -0.369 e. The van der Waals surface area contributed by atoms with Crippen molar-refractivity contribution in [3.8, 4) is 0 Å². The van der Waals surface area contributed by atoms with Crippen LogP contribution in [0.5, 0.6) is 0 Å². The minimum atomic E-state index is -0.382. The Kier molecular flexibility index (Phi) is 6.01. The van der Waals surface area contributed by atoms with E-state index in [2.05, 4.69) is 14.8 Å². The number of amides is 2. The molecule has 158 valence electrons. The quantitative estimate of drug-likeness (QED) is 0.727. The largest absolute Gasteiger partial charge is 0.369 e. The van der Waals surface area contributed by atoms with Gasteiger partial charge in [-0.25, -0.2) is 0 Å². The molecule has 2 amide bonds. The van der Waals surface area contributed by atoms with Gasteiger partial charge < -0.3 is 20.4 Å². The fraction of sp³-hybridized carbons (Fsp3) is 0.667. The average molecular weight is 401 g/mol. The number of rotatable bonds is 3. The maximum absolute atomic E-state index is 12.9. The molecule has 1 aromatic rings. The lowest BCUT2D eigenvalue weighted by atomic mass is 10.0. The van der Waals surface area contributed by atoms with Crippen molar-refractivity contribution in [3.05, 3.63) is 24.5 Å². The molecule has 3 saturated heterocycles. The number of anilines is 1. The normalized spacial score (nSPS) is 26.1. The fourth-order valence-corrected chi connectivity index (χ4v) is 4.81. The average Bonchev–Trinajstić information content (AvgIpc) is 3.43. The van der Waals surface area contributed by atoms with Crippen molar-refractivity contribution in [2.45, 2.75) is 43.8 Å². The van der Waals surface area contributed by atoms with Gasteiger partial charge in [0.25, 0.3) is 0 Å². The van der Waals surface area contributed by atoms with Gasteiger partial charge in [-0.1, -0.05) is 0 Å². The van der Waals surface area contributed by atoms with E-state index in [1.165, 1.54) is 0 Å². The third-order valence-corrected chi connectivity index (χ3v) is 6.78. The number of nitrogens with two attached hydrogens (primary N) is 1. The van der Waals surface area contributed by atoms with E-state index in [9.17, 15) is 9.59 Å². The molecular formula is C21H32N6O2. The van der Waals surface area contributed by atoms with Crippen LogP contribution in [0, 0.1) is 0 Å². The van der Waals surface area contributed by atoms with Gasteiger partial charge in [0, 0.05) is 63.4 Å². The lowest BCUT2D eigenvalue weighted by molar-refractivity contribution is -0.151. The zero-order valence-electron chi connectivity index (χ0n) is 17.2. The molecule has 0 aliphatic carbocycles. The smallest absolute Gasteiger partial charge is 0.312 e. The molecule has 8 heteroatoms. The van der Waals surface area contributed by atoms with E-state index in [0.717, 1.165) is 57.5 Å². The number of hydrogen-bond donors (Lipinski definition) is 1. The molecule has 29 heavy (non-hydrogen) atoms. The van der Waals surface area contributed by atoms with Crippen molar-refractivity contribution in [2.24, 2.45) is 5.73 Å². The molecule has 0 aromatic carbocycles. The number of nitrogens with zero attached hydrogens (tertiary/aromatic N) is 5. The van der Waals surface area contributed by atoms with E-state index >= 15 is 0 Å². The van der Waals surface area contributed by atoms with E-state index in [1.54, 1.807) is 29.2 Å². The van der Waals surface area contributed by atoms with Crippen molar-refractivity contribution in [3.63, 3.8) is 0 Å². The zero-order chi connectivity index (χ0) is 20.4. The van der Waals surface area contributed by atoms with Gasteiger partial charge in [0.2, 0.25) is 0 Å². The van der Waals surface area contributed by atoms with Gasteiger partial charge in [-0.05, 0) is 50.9 Å². The number of likely N-dealkylation sites (tertiary alicyclic amines) is 2. The highest BCUT2D eigenvalue weighted by Crippen LogP contribution is 2.23. The number of aromatic nitrogens is 1. The Morgan fingerprint density at radius 2 is 1.76 bits per heavy atom. The molecular weight excluding hydrogens is 368 g/mol. The first-order chi connectivity index (χ1) is 14.0. The van der Waals surface area contributed by atoms with Gasteiger partial charge in [0.05, 0.1) is 6.04 Å². The highest BCUT2D eigenvalue weighted by molar-refractivity contribution is 6.35. The second kappa shape index (κ2) is 8.67. The van der Waals surface area contributed by atoms with Gasteiger partial charge in [-0.2, -0.15) is 0 Å². The van der Waals surface area contributed by atoms with Gasteiger partial charge in [-0.3, -0.25) is 19.5 Å². The van der Waals surface area contributed by atoms with Gasteiger partial charge >= 0.3 is 11.8 Å². The lowest BCUT2D eigenvalue weighted by Gasteiger charge is -2.34. The topological polar surface area (TPSA) is 86.0 Å². The summed E-state index contributed by atoms with van der Waals surface area (Å²) < 4.78 is 0. The molecule has 4 rings (SSSR count).